The number of aromatic nitrogens is 2. The minimum atomic E-state index is -4.35. The highest BCUT2D eigenvalue weighted by Crippen LogP contribution is 2.46. The van der Waals surface area contributed by atoms with Crippen LogP contribution in [-0.4, -0.2) is 62.8 Å². The van der Waals surface area contributed by atoms with E-state index in [1.54, 1.807) is 38.1 Å². The number of nitrogens with zero attached hydrogens (tertiary/aromatic N) is 2. The van der Waals surface area contributed by atoms with Crippen LogP contribution in [0.4, 0.5) is 0 Å². The minimum Gasteiger partial charge on any atom is -0.462 e. The fourth-order valence-corrected chi connectivity index (χ4v) is 4.97. The Morgan fingerprint density at radius 3 is 2.54 bits per heavy atom. The van der Waals surface area contributed by atoms with Gasteiger partial charge in [-0.1, -0.05) is 18.2 Å². The molecule has 2 unspecified atom stereocenters. The lowest BCUT2D eigenvalue weighted by molar-refractivity contribution is -0.149. The lowest BCUT2D eigenvalue weighted by Crippen LogP contribution is -2.50. The van der Waals surface area contributed by atoms with Crippen LogP contribution in [0.15, 0.2) is 52.2 Å². The number of carbonyl (C=O) groups is 1. The number of benzene rings is 1. The molecule has 4 N–H and O–H groups in total. The quantitative estimate of drug-likeness (QED) is 0.233. The van der Waals surface area contributed by atoms with Gasteiger partial charge in [-0.15, -0.1) is 0 Å². The number of hydrogen-bond acceptors (Lipinski definition) is 11. The zero-order valence-electron chi connectivity index (χ0n) is 20.1. The van der Waals surface area contributed by atoms with Gasteiger partial charge < -0.3 is 24.2 Å². The molecule has 0 aliphatic carbocycles. The Kier molecular flexibility index (Phi) is 8.70. The second-order valence-electron chi connectivity index (χ2n) is 8.41. The van der Waals surface area contributed by atoms with E-state index in [-0.39, 0.29) is 5.75 Å². The third-order valence-corrected chi connectivity index (χ3v) is 6.86. The summed E-state index contributed by atoms with van der Waals surface area (Å²) in [4.78, 5) is 37.9. The summed E-state index contributed by atoms with van der Waals surface area (Å²) in [5.41, 5.74) is -4.25. The molecule has 0 radical (unpaired) electrons. The van der Waals surface area contributed by atoms with Crippen LogP contribution in [0.3, 0.4) is 0 Å². The lowest BCUT2D eigenvalue weighted by Gasteiger charge is -2.26. The van der Waals surface area contributed by atoms with E-state index in [0.29, 0.717) is 4.57 Å². The van der Waals surface area contributed by atoms with Crippen LogP contribution in [0.1, 0.15) is 20.8 Å². The van der Waals surface area contributed by atoms with Crippen LogP contribution in [-0.2, 0) is 29.1 Å². The predicted molar refractivity (Wildman–Crippen MR) is 126 cm³/mol. The zero-order chi connectivity index (χ0) is 27.4. The average Bonchev–Trinajstić information content (AvgIpc) is 3.08. The number of nitrogens with one attached hydrogen (secondary N) is 2. The summed E-state index contributed by atoms with van der Waals surface area (Å²) in [5.74, 6) is -0.606. The summed E-state index contributed by atoms with van der Waals surface area (Å²) < 4.78 is 35.8. The van der Waals surface area contributed by atoms with Gasteiger partial charge in [0.25, 0.3) is 11.3 Å². The molecule has 15 heteroatoms. The van der Waals surface area contributed by atoms with Gasteiger partial charge in [0, 0.05) is 12.3 Å². The van der Waals surface area contributed by atoms with Crippen molar-refractivity contribution in [3.05, 3.63) is 63.4 Å². The minimum absolute atomic E-state index is 0.127. The molecule has 1 saturated heterocycles. The molecule has 200 valence electrons. The Morgan fingerprint density at radius 1 is 1.27 bits per heavy atom. The van der Waals surface area contributed by atoms with Crippen molar-refractivity contribution in [2.45, 2.75) is 57.0 Å². The van der Waals surface area contributed by atoms with E-state index in [1.165, 1.54) is 19.1 Å². The first kappa shape index (κ1) is 28.3. The van der Waals surface area contributed by atoms with E-state index in [4.69, 9.17) is 18.5 Å². The van der Waals surface area contributed by atoms with Gasteiger partial charge in [-0.3, -0.25) is 23.7 Å². The summed E-state index contributed by atoms with van der Waals surface area (Å²) in [6, 6.07) is 9.32. The number of carbonyl (C=O) groups excluding carboxylic acids is 1. The number of hydrogen-bond donors (Lipinski definition) is 4. The van der Waals surface area contributed by atoms with E-state index in [0.717, 1.165) is 12.3 Å². The highest BCUT2D eigenvalue weighted by atomic mass is 31.2. The van der Waals surface area contributed by atoms with Crippen LogP contribution in [0.5, 0.6) is 5.75 Å². The Hall–Kier alpha value is -3.31. The first-order chi connectivity index (χ1) is 17.4. The summed E-state index contributed by atoms with van der Waals surface area (Å²) in [6.45, 7) is 3.95. The molecule has 14 nitrogen and oxygen atoms in total. The van der Waals surface area contributed by atoms with Crippen LogP contribution in [0, 0.1) is 11.3 Å². The molecule has 1 aromatic heterocycles. The maximum Gasteiger partial charge on any atom is 0.459 e. The second-order valence-corrected chi connectivity index (χ2v) is 10.1. The number of aromatic amines is 1. The van der Waals surface area contributed by atoms with Gasteiger partial charge in [0.05, 0.1) is 12.7 Å². The number of H-pyrrole nitrogens is 1. The molecule has 2 aromatic rings. The van der Waals surface area contributed by atoms with Crippen molar-refractivity contribution in [2.24, 2.45) is 0 Å². The van der Waals surface area contributed by atoms with Gasteiger partial charge >= 0.3 is 19.4 Å². The van der Waals surface area contributed by atoms with Crippen molar-refractivity contribution in [1.82, 2.24) is 14.6 Å². The number of esters is 1. The number of ether oxygens (including phenoxy) is 2. The number of aliphatic hydroxyl groups is 2. The van der Waals surface area contributed by atoms with Crippen molar-refractivity contribution < 1.29 is 38.1 Å². The van der Waals surface area contributed by atoms with Crippen molar-refractivity contribution in [3.63, 3.8) is 0 Å². The summed E-state index contributed by atoms with van der Waals surface area (Å²) in [7, 11) is -4.35. The Labute approximate surface area is 211 Å². The standard InChI is InChI=1S/C22H27N4O10P/c1-13(2)34-20(30)14(3)25-37(32,36-15-7-5-4-6-8-15)33-11-16-18(28)19(29)22(12-23,35-16)26-10-9-17(27)24-21(26)31/h4-10,13-14,16,18-19,28-29H,11H2,1-3H3,(H,25,32)(H,24,27,31)/t14-,16+,18?,19?,22+,37-/m0/s1. The van der Waals surface area contributed by atoms with Gasteiger partial charge in [-0.05, 0) is 32.9 Å². The molecule has 0 saturated carbocycles. The molecule has 3 rings (SSSR count). The molecular formula is C22H27N4O10P. The van der Waals surface area contributed by atoms with E-state index in [9.17, 15) is 34.4 Å². The van der Waals surface area contributed by atoms with Crippen molar-refractivity contribution >= 4 is 13.7 Å². The molecule has 2 heterocycles. The van der Waals surface area contributed by atoms with Crippen LogP contribution < -0.4 is 20.9 Å². The Bertz CT molecular complexity index is 1310. The fraction of sp³-hybridized carbons (Fsp3) is 0.455. The van der Waals surface area contributed by atoms with E-state index >= 15 is 0 Å². The van der Waals surface area contributed by atoms with Gasteiger partial charge in [0.2, 0.25) is 0 Å². The normalized spacial score (nSPS) is 25.7. The predicted octanol–water partition coefficient (Wildman–Crippen LogP) is -0.0330. The third kappa shape index (κ3) is 6.34. The Balaban J connectivity index is 1.84. The van der Waals surface area contributed by atoms with Gasteiger partial charge in [0.15, 0.2) is 0 Å². The van der Waals surface area contributed by atoms with E-state index < -0.39 is 67.8 Å². The number of para-hydroxylation sites is 1. The molecule has 1 aliphatic rings. The van der Waals surface area contributed by atoms with Gasteiger partial charge in [0.1, 0.15) is 36.2 Å². The molecule has 0 bridgehead atoms. The summed E-state index contributed by atoms with van der Waals surface area (Å²) in [5, 5.41) is 33.4. The smallest absolute Gasteiger partial charge is 0.459 e. The fourth-order valence-electron chi connectivity index (χ4n) is 3.47. The van der Waals surface area contributed by atoms with Crippen molar-refractivity contribution in [1.29, 1.82) is 5.26 Å². The molecule has 1 aliphatic heterocycles. The zero-order valence-corrected chi connectivity index (χ0v) is 21.0. The summed E-state index contributed by atoms with van der Waals surface area (Å²) in [6.07, 6.45) is -4.74. The third-order valence-electron chi connectivity index (χ3n) is 5.21. The summed E-state index contributed by atoms with van der Waals surface area (Å²) >= 11 is 0. The highest BCUT2D eigenvalue weighted by molar-refractivity contribution is 7.52. The van der Waals surface area contributed by atoms with Gasteiger partial charge in [-0.25, -0.2) is 9.36 Å². The molecule has 1 aromatic carbocycles. The van der Waals surface area contributed by atoms with Crippen LogP contribution in [0.25, 0.3) is 0 Å². The molecule has 1 fully saturated rings. The lowest BCUT2D eigenvalue weighted by atomic mass is 10.0. The van der Waals surface area contributed by atoms with Crippen molar-refractivity contribution in [2.75, 3.05) is 6.61 Å². The maximum absolute atomic E-state index is 13.6. The second kappa shape index (κ2) is 11.4. The Morgan fingerprint density at radius 2 is 1.95 bits per heavy atom. The number of aliphatic hydroxyl groups excluding tert-OH is 2. The number of nitriles is 1. The molecule has 37 heavy (non-hydrogen) atoms. The topological polar surface area (TPSA) is 202 Å². The maximum atomic E-state index is 13.6. The average molecular weight is 538 g/mol. The van der Waals surface area contributed by atoms with Gasteiger partial charge in [-0.2, -0.15) is 10.3 Å². The molecule has 6 atom stereocenters. The SMILES string of the molecule is CC(C)OC(=O)[C@H](C)N[P@](=O)(OC[C@H]1O[C@@](C#N)(n2ccc(=O)[nH]c2=O)C(O)C1O)Oc1ccccc1. The van der Waals surface area contributed by atoms with Crippen LogP contribution >= 0.6 is 7.75 Å². The first-order valence-electron chi connectivity index (χ1n) is 11.2. The van der Waals surface area contributed by atoms with Crippen LogP contribution in [0.2, 0.25) is 0 Å². The monoisotopic (exact) mass is 538 g/mol. The van der Waals surface area contributed by atoms with E-state index in [2.05, 4.69) is 5.09 Å². The first-order valence-corrected chi connectivity index (χ1v) is 12.7. The molecule has 0 amide bonds. The highest BCUT2D eigenvalue weighted by Gasteiger charge is 2.57. The van der Waals surface area contributed by atoms with E-state index in [1.807, 2.05) is 4.98 Å². The number of rotatable bonds is 10. The molecule has 0 spiro atoms. The van der Waals surface area contributed by atoms with Crippen molar-refractivity contribution in [3.8, 4) is 11.8 Å². The largest absolute Gasteiger partial charge is 0.462 e. The molecular weight excluding hydrogens is 511 g/mol.